The van der Waals surface area contributed by atoms with Gasteiger partial charge in [0, 0.05) is 30.2 Å². The highest BCUT2D eigenvalue weighted by molar-refractivity contribution is 6.07. The van der Waals surface area contributed by atoms with Crippen molar-refractivity contribution in [1.29, 1.82) is 0 Å². The Labute approximate surface area is 227 Å². The molecule has 2 aliphatic rings. The highest BCUT2D eigenvalue weighted by Gasteiger charge is 2.46. The second-order valence-corrected chi connectivity index (χ2v) is 9.85. The summed E-state index contributed by atoms with van der Waals surface area (Å²) in [6, 6.07) is 15.1. The number of aromatic hydroxyl groups is 6. The summed E-state index contributed by atoms with van der Waals surface area (Å²) in [5.41, 5.74) is 0.837. The zero-order valence-electron chi connectivity index (χ0n) is 20.7. The number of benzene rings is 4. The molecule has 2 aliphatic heterocycles. The van der Waals surface area contributed by atoms with Gasteiger partial charge in [0.1, 0.15) is 63.8 Å². The van der Waals surface area contributed by atoms with Crippen molar-refractivity contribution in [3.63, 3.8) is 0 Å². The van der Waals surface area contributed by atoms with E-state index in [4.69, 9.17) is 9.47 Å². The second kappa shape index (κ2) is 9.28. The molecule has 0 fully saturated rings. The van der Waals surface area contributed by atoms with Crippen LogP contribution in [0.25, 0.3) is 0 Å². The summed E-state index contributed by atoms with van der Waals surface area (Å²) in [6.45, 7) is 0. The minimum absolute atomic E-state index is 0.0108. The number of carbonyl (C=O) groups excluding carboxylic acids is 1. The third kappa shape index (κ3) is 4.05. The average Bonchev–Trinajstić information content (AvgIpc) is 2.90. The number of ether oxygens (including phenoxy) is 2. The molecular formula is C30H24O10. The summed E-state index contributed by atoms with van der Waals surface area (Å²) in [5, 5.41) is 72.9. The van der Waals surface area contributed by atoms with Gasteiger partial charge < -0.3 is 45.2 Å². The van der Waals surface area contributed by atoms with Crippen LogP contribution in [0.3, 0.4) is 0 Å². The molecule has 4 aromatic carbocycles. The molecule has 0 radical (unpaired) electrons. The fourth-order valence-corrected chi connectivity index (χ4v) is 5.43. The molecule has 0 unspecified atom stereocenters. The summed E-state index contributed by atoms with van der Waals surface area (Å²) in [6.07, 6.45) is -3.29. The van der Waals surface area contributed by atoms with Crippen molar-refractivity contribution >= 4 is 5.78 Å². The number of carbonyl (C=O) groups is 1. The molecule has 6 rings (SSSR count). The second-order valence-electron chi connectivity index (χ2n) is 9.85. The SMILES string of the molecule is O=C1c2c(O)cc(O)cc2O[C@H](c2ccc(O)cc2)[C@@H]1c1c(O)cc(O)c2c1O[C@@H](c1ccc(O)cc1)[C@H](O)C2. The first-order valence-corrected chi connectivity index (χ1v) is 12.4. The minimum atomic E-state index is -1.32. The number of phenolic OH excluding ortho intramolecular Hbond substituents is 6. The van der Waals surface area contributed by atoms with Gasteiger partial charge in [-0.15, -0.1) is 0 Å². The molecule has 0 amide bonds. The lowest BCUT2D eigenvalue weighted by Crippen LogP contribution is -2.34. The van der Waals surface area contributed by atoms with E-state index in [-0.39, 0.29) is 57.6 Å². The number of ketones is 1. The van der Waals surface area contributed by atoms with Gasteiger partial charge in [-0.1, -0.05) is 24.3 Å². The lowest BCUT2D eigenvalue weighted by molar-refractivity contribution is 0.0179. The number of hydrogen-bond acceptors (Lipinski definition) is 10. The predicted octanol–water partition coefficient (Wildman–Crippen LogP) is 4.06. The first kappa shape index (κ1) is 25.2. The van der Waals surface area contributed by atoms with Gasteiger partial charge in [-0.2, -0.15) is 0 Å². The molecule has 40 heavy (non-hydrogen) atoms. The third-order valence-electron chi connectivity index (χ3n) is 7.29. The van der Waals surface area contributed by atoms with Crippen molar-refractivity contribution in [2.24, 2.45) is 0 Å². The van der Waals surface area contributed by atoms with Gasteiger partial charge >= 0.3 is 0 Å². The maximum absolute atomic E-state index is 14.1. The Bertz CT molecular complexity index is 1630. The molecule has 4 aromatic rings. The molecule has 0 saturated heterocycles. The normalized spacial score (nSPS) is 21.6. The van der Waals surface area contributed by atoms with Crippen LogP contribution in [0.15, 0.2) is 66.7 Å². The van der Waals surface area contributed by atoms with Crippen molar-refractivity contribution in [3.8, 4) is 46.0 Å². The molecular weight excluding hydrogens is 520 g/mol. The highest BCUT2D eigenvalue weighted by atomic mass is 16.5. The van der Waals surface area contributed by atoms with E-state index in [0.717, 1.165) is 12.1 Å². The molecule has 0 bridgehead atoms. The van der Waals surface area contributed by atoms with Crippen LogP contribution >= 0.6 is 0 Å². The summed E-state index contributed by atoms with van der Waals surface area (Å²) in [7, 11) is 0. The van der Waals surface area contributed by atoms with Gasteiger partial charge in [-0.05, 0) is 35.4 Å². The van der Waals surface area contributed by atoms with Gasteiger partial charge in [0.05, 0.1) is 17.6 Å². The number of phenols is 6. The minimum Gasteiger partial charge on any atom is -0.508 e. The molecule has 10 heteroatoms. The van der Waals surface area contributed by atoms with Gasteiger partial charge in [0.15, 0.2) is 5.78 Å². The molecule has 2 heterocycles. The van der Waals surface area contributed by atoms with E-state index in [9.17, 15) is 40.5 Å². The molecule has 7 N–H and O–H groups in total. The van der Waals surface area contributed by atoms with Crippen molar-refractivity contribution in [2.45, 2.75) is 30.7 Å². The molecule has 10 nitrogen and oxygen atoms in total. The third-order valence-corrected chi connectivity index (χ3v) is 7.29. The van der Waals surface area contributed by atoms with Gasteiger partial charge in [0.2, 0.25) is 0 Å². The molecule has 4 atom stereocenters. The van der Waals surface area contributed by atoms with Crippen LogP contribution in [0.2, 0.25) is 0 Å². The molecule has 204 valence electrons. The van der Waals surface area contributed by atoms with Crippen LogP contribution in [-0.4, -0.2) is 47.6 Å². The van der Waals surface area contributed by atoms with Crippen LogP contribution in [0, 0.1) is 0 Å². The van der Waals surface area contributed by atoms with Gasteiger partial charge in [-0.3, -0.25) is 4.79 Å². The topological polar surface area (TPSA) is 177 Å². The van der Waals surface area contributed by atoms with Crippen molar-refractivity contribution in [3.05, 3.63) is 94.5 Å². The summed E-state index contributed by atoms with van der Waals surface area (Å²) in [4.78, 5) is 14.1. The Kier molecular flexibility index (Phi) is 5.85. The number of Topliss-reactive ketones (excluding diaryl/α,β-unsaturated/α-hetero) is 1. The molecule has 0 spiro atoms. The van der Waals surface area contributed by atoms with E-state index in [1.807, 2.05) is 0 Å². The Morgan fingerprint density at radius 2 is 1.25 bits per heavy atom. The van der Waals surface area contributed by atoms with E-state index in [1.165, 1.54) is 42.5 Å². The van der Waals surface area contributed by atoms with Crippen LogP contribution in [0.4, 0.5) is 0 Å². The van der Waals surface area contributed by atoms with Crippen LogP contribution in [-0.2, 0) is 6.42 Å². The molecule has 0 aromatic heterocycles. The Morgan fingerprint density at radius 1 is 0.650 bits per heavy atom. The zero-order chi connectivity index (χ0) is 28.3. The Morgan fingerprint density at radius 3 is 1.88 bits per heavy atom. The fraction of sp³-hybridized carbons (Fsp3) is 0.167. The predicted molar refractivity (Wildman–Crippen MR) is 139 cm³/mol. The van der Waals surface area contributed by atoms with Gasteiger partial charge in [0.25, 0.3) is 0 Å². The summed E-state index contributed by atoms with van der Waals surface area (Å²) < 4.78 is 12.4. The maximum Gasteiger partial charge on any atom is 0.182 e. The van der Waals surface area contributed by atoms with Crippen LogP contribution in [0.1, 0.15) is 50.7 Å². The highest BCUT2D eigenvalue weighted by Crippen LogP contribution is 2.55. The lowest BCUT2D eigenvalue weighted by Gasteiger charge is -2.37. The largest absolute Gasteiger partial charge is 0.508 e. The first-order chi connectivity index (χ1) is 19.1. The number of rotatable bonds is 3. The Hall–Kier alpha value is -5.09. The fourth-order valence-electron chi connectivity index (χ4n) is 5.43. The van der Waals surface area contributed by atoms with E-state index in [2.05, 4.69) is 0 Å². The quantitative estimate of drug-likeness (QED) is 0.199. The number of hydrogen-bond donors (Lipinski definition) is 7. The van der Waals surface area contributed by atoms with Crippen LogP contribution in [0.5, 0.6) is 46.0 Å². The van der Waals surface area contributed by atoms with Crippen LogP contribution < -0.4 is 9.47 Å². The number of aliphatic hydroxyl groups is 1. The van der Waals surface area contributed by atoms with E-state index >= 15 is 0 Å². The standard InChI is InChI=1S/C30H24O10/c31-15-5-1-13(2-6-15)28-22(37)11-18-19(34)12-21(36)25(30(18)40-28)26-27(38)24-20(35)9-17(33)10-23(24)39-29(26)14-3-7-16(32)8-4-14/h1-10,12,22,26,28-29,31-37H,11H2/t22-,26-,28+,29-/m1/s1. The lowest BCUT2D eigenvalue weighted by atomic mass is 9.78. The smallest absolute Gasteiger partial charge is 0.182 e. The van der Waals surface area contributed by atoms with E-state index in [1.54, 1.807) is 12.1 Å². The average molecular weight is 545 g/mol. The van der Waals surface area contributed by atoms with E-state index < -0.39 is 41.5 Å². The van der Waals surface area contributed by atoms with Crippen molar-refractivity contribution < 1.29 is 50.0 Å². The summed E-state index contributed by atoms with van der Waals surface area (Å²) in [5.74, 6) is -3.80. The monoisotopic (exact) mass is 544 g/mol. The van der Waals surface area contributed by atoms with Crippen molar-refractivity contribution in [2.75, 3.05) is 0 Å². The summed E-state index contributed by atoms with van der Waals surface area (Å²) >= 11 is 0. The Balaban J connectivity index is 1.56. The molecule has 0 aliphatic carbocycles. The van der Waals surface area contributed by atoms with E-state index in [0.29, 0.717) is 11.1 Å². The first-order valence-electron chi connectivity index (χ1n) is 12.4. The number of aliphatic hydroxyl groups excluding tert-OH is 1. The zero-order valence-corrected chi connectivity index (χ0v) is 20.7. The van der Waals surface area contributed by atoms with Gasteiger partial charge in [-0.25, -0.2) is 0 Å². The molecule has 0 saturated carbocycles. The maximum atomic E-state index is 14.1. The number of fused-ring (bicyclic) bond motifs is 2. The van der Waals surface area contributed by atoms with Crippen molar-refractivity contribution in [1.82, 2.24) is 0 Å².